The molecule has 150 valence electrons. The van der Waals surface area contributed by atoms with E-state index >= 15 is 0 Å². The first-order chi connectivity index (χ1) is 14.0. The van der Waals surface area contributed by atoms with Gasteiger partial charge in [-0.2, -0.15) is 0 Å². The monoisotopic (exact) mass is 391 g/mol. The number of urea groups is 1. The third-order valence-corrected chi connectivity index (χ3v) is 5.77. The summed E-state index contributed by atoms with van der Waals surface area (Å²) in [7, 11) is 0. The molecular weight excluding hydrogens is 366 g/mol. The molecule has 2 aromatic rings. The Bertz CT molecular complexity index is 954. The lowest BCUT2D eigenvalue weighted by Crippen LogP contribution is -2.43. The molecule has 0 aromatic heterocycles. The predicted molar refractivity (Wildman–Crippen MR) is 110 cm³/mol. The van der Waals surface area contributed by atoms with Crippen molar-refractivity contribution in [2.75, 3.05) is 11.4 Å². The molecule has 2 atom stereocenters. The summed E-state index contributed by atoms with van der Waals surface area (Å²) >= 11 is 0. The Morgan fingerprint density at radius 2 is 1.83 bits per heavy atom. The molecule has 1 aliphatic carbocycles. The van der Waals surface area contributed by atoms with Gasteiger partial charge >= 0.3 is 6.03 Å². The van der Waals surface area contributed by atoms with E-state index in [2.05, 4.69) is 11.4 Å². The average molecular weight is 391 g/mol. The molecule has 2 aromatic carbocycles. The van der Waals surface area contributed by atoms with Crippen LogP contribution in [0.5, 0.6) is 0 Å². The summed E-state index contributed by atoms with van der Waals surface area (Å²) in [5, 5.41) is 3.02. The molecule has 1 N–H and O–H groups in total. The number of nitrogens with zero attached hydrogens (tertiary/aromatic N) is 2. The van der Waals surface area contributed by atoms with E-state index in [9.17, 15) is 14.4 Å². The number of amides is 4. The molecule has 4 rings (SSSR count). The van der Waals surface area contributed by atoms with Crippen molar-refractivity contribution < 1.29 is 14.4 Å². The van der Waals surface area contributed by atoms with Crippen LogP contribution >= 0.6 is 0 Å². The van der Waals surface area contributed by atoms with Crippen LogP contribution in [0.1, 0.15) is 42.5 Å². The van der Waals surface area contributed by atoms with Gasteiger partial charge in [0.15, 0.2) is 0 Å². The number of imide groups is 1. The first-order valence-corrected chi connectivity index (χ1v) is 10.0. The summed E-state index contributed by atoms with van der Waals surface area (Å²) < 4.78 is 0. The van der Waals surface area contributed by atoms with Crippen LogP contribution in [0.15, 0.2) is 48.5 Å². The zero-order valence-electron chi connectivity index (χ0n) is 16.7. The number of fused-ring (bicyclic) bond motifs is 1. The second-order valence-corrected chi connectivity index (χ2v) is 7.80. The molecule has 2 aliphatic rings. The number of rotatable bonds is 4. The zero-order chi connectivity index (χ0) is 20.5. The van der Waals surface area contributed by atoms with Gasteiger partial charge in [-0.25, -0.2) is 4.79 Å². The van der Waals surface area contributed by atoms with E-state index in [-0.39, 0.29) is 24.4 Å². The number of carbonyl (C=O) groups is 3. The van der Waals surface area contributed by atoms with Crippen molar-refractivity contribution in [2.45, 2.75) is 45.2 Å². The van der Waals surface area contributed by atoms with Gasteiger partial charge in [0.05, 0.1) is 6.04 Å². The summed E-state index contributed by atoms with van der Waals surface area (Å²) in [6, 6.07) is 14.4. The number of nitrogens with one attached hydrogen (secondary N) is 1. The highest BCUT2D eigenvalue weighted by atomic mass is 16.2. The molecule has 0 saturated carbocycles. The number of carbonyl (C=O) groups excluding carboxylic acids is 3. The van der Waals surface area contributed by atoms with Crippen molar-refractivity contribution in [1.82, 2.24) is 10.2 Å². The van der Waals surface area contributed by atoms with Crippen molar-refractivity contribution in [3.05, 3.63) is 65.2 Å². The van der Waals surface area contributed by atoms with Crippen molar-refractivity contribution >= 4 is 23.5 Å². The minimum Gasteiger partial charge on any atom is -0.348 e. The van der Waals surface area contributed by atoms with Crippen molar-refractivity contribution in [1.29, 1.82) is 0 Å². The third-order valence-electron chi connectivity index (χ3n) is 5.77. The van der Waals surface area contributed by atoms with Crippen LogP contribution in [0.2, 0.25) is 0 Å². The smallest absolute Gasteiger partial charge is 0.332 e. The fourth-order valence-electron chi connectivity index (χ4n) is 4.20. The van der Waals surface area contributed by atoms with E-state index in [1.165, 1.54) is 10.5 Å². The maximum atomic E-state index is 12.9. The van der Waals surface area contributed by atoms with Gasteiger partial charge in [0, 0.05) is 5.69 Å². The maximum absolute atomic E-state index is 12.9. The van der Waals surface area contributed by atoms with Crippen LogP contribution in [0, 0.1) is 6.92 Å². The maximum Gasteiger partial charge on any atom is 0.332 e. The van der Waals surface area contributed by atoms with Crippen molar-refractivity contribution in [3.63, 3.8) is 0 Å². The van der Waals surface area contributed by atoms with Gasteiger partial charge in [-0.3, -0.25) is 19.4 Å². The van der Waals surface area contributed by atoms with Gasteiger partial charge in [-0.1, -0.05) is 42.0 Å². The van der Waals surface area contributed by atoms with E-state index < -0.39 is 12.1 Å². The average Bonchev–Trinajstić information content (AvgIpc) is 2.92. The van der Waals surface area contributed by atoms with Crippen LogP contribution < -0.4 is 10.2 Å². The van der Waals surface area contributed by atoms with Gasteiger partial charge in [0.1, 0.15) is 12.6 Å². The van der Waals surface area contributed by atoms with Gasteiger partial charge in [-0.15, -0.1) is 0 Å². The van der Waals surface area contributed by atoms with E-state index in [1.807, 2.05) is 49.4 Å². The summed E-state index contributed by atoms with van der Waals surface area (Å²) in [4.78, 5) is 40.8. The number of benzene rings is 2. The molecule has 1 heterocycles. The predicted octanol–water partition coefficient (Wildman–Crippen LogP) is 3.35. The van der Waals surface area contributed by atoms with Crippen LogP contribution in [0.3, 0.4) is 0 Å². The summed E-state index contributed by atoms with van der Waals surface area (Å²) in [5.41, 5.74) is 4.10. The highest BCUT2D eigenvalue weighted by molar-refractivity contribution is 6.15. The lowest BCUT2D eigenvalue weighted by molar-refractivity contribution is -0.132. The Morgan fingerprint density at radius 3 is 2.59 bits per heavy atom. The van der Waals surface area contributed by atoms with Crippen LogP contribution in [-0.2, 0) is 16.0 Å². The van der Waals surface area contributed by atoms with E-state index in [4.69, 9.17) is 0 Å². The molecule has 6 nitrogen and oxygen atoms in total. The number of aryl methyl sites for hydroxylation is 2. The summed E-state index contributed by atoms with van der Waals surface area (Å²) in [6.45, 7) is 3.39. The van der Waals surface area contributed by atoms with E-state index in [0.717, 1.165) is 35.3 Å². The fourth-order valence-corrected chi connectivity index (χ4v) is 4.20. The first-order valence-electron chi connectivity index (χ1n) is 10.0. The van der Waals surface area contributed by atoms with Crippen molar-refractivity contribution in [3.8, 4) is 0 Å². The SMILES string of the molecule is Cc1ccc(N2C(=O)N(CC(=O)NC3CCCc4ccccc43)C(=O)C2C)cc1. The van der Waals surface area contributed by atoms with Gasteiger partial charge in [-0.05, 0) is 56.4 Å². The number of hydrogen-bond acceptors (Lipinski definition) is 3. The minimum atomic E-state index is -0.631. The Morgan fingerprint density at radius 1 is 1.10 bits per heavy atom. The first kappa shape index (κ1) is 19.2. The normalized spacial score (nSPS) is 21.3. The highest BCUT2D eigenvalue weighted by Crippen LogP contribution is 2.30. The summed E-state index contributed by atoms with van der Waals surface area (Å²) in [5.74, 6) is -0.666. The second-order valence-electron chi connectivity index (χ2n) is 7.80. The van der Waals surface area contributed by atoms with Crippen molar-refractivity contribution in [2.24, 2.45) is 0 Å². The molecule has 0 spiro atoms. The molecule has 1 aliphatic heterocycles. The molecule has 6 heteroatoms. The van der Waals surface area contributed by atoms with Crippen LogP contribution in [0.4, 0.5) is 10.5 Å². The third kappa shape index (κ3) is 3.62. The van der Waals surface area contributed by atoms with E-state index in [1.54, 1.807) is 6.92 Å². The highest BCUT2D eigenvalue weighted by Gasteiger charge is 2.44. The largest absolute Gasteiger partial charge is 0.348 e. The van der Waals surface area contributed by atoms with Gasteiger partial charge in [0.2, 0.25) is 5.91 Å². The topological polar surface area (TPSA) is 69.7 Å². The molecule has 1 fully saturated rings. The van der Waals surface area contributed by atoms with Gasteiger partial charge < -0.3 is 5.32 Å². The standard InChI is InChI=1S/C23H25N3O3/c1-15-10-12-18(13-11-15)26-16(2)22(28)25(23(26)29)14-21(27)24-20-9-5-7-17-6-3-4-8-19(17)20/h3-4,6,8,10-13,16,20H,5,7,9,14H2,1-2H3,(H,24,27). The van der Waals surface area contributed by atoms with Crippen LogP contribution in [-0.4, -0.2) is 35.3 Å². The lowest BCUT2D eigenvalue weighted by Gasteiger charge is -2.27. The Labute approximate surface area is 170 Å². The molecule has 2 unspecified atom stereocenters. The molecule has 4 amide bonds. The Kier molecular flexibility index (Phi) is 5.09. The zero-order valence-corrected chi connectivity index (χ0v) is 16.7. The molecule has 0 bridgehead atoms. The fraction of sp³-hybridized carbons (Fsp3) is 0.348. The van der Waals surface area contributed by atoms with Crippen LogP contribution in [0.25, 0.3) is 0 Å². The minimum absolute atomic E-state index is 0.0779. The molecular formula is C23H25N3O3. The molecule has 29 heavy (non-hydrogen) atoms. The molecule has 1 saturated heterocycles. The lowest BCUT2D eigenvalue weighted by atomic mass is 9.88. The Balaban J connectivity index is 1.47. The molecule has 0 radical (unpaired) electrons. The number of hydrogen-bond donors (Lipinski definition) is 1. The number of anilines is 1. The summed E-state index contributed by atoms with van der Waals surface area (Å²) in [6.07, 6.45) is 2.87. The second kappa shape index (κ2) is 7.70. The van der Waals surface area contributed by atoms with E-state index in [0.29, 0.717) is 5.69 Å². The van der Waals surface area contributed by atoms with Gasteiger partial charge in [0.25, 0.3) is 5.91 Å². The Hall–Kier alpha value is -3.15. The quantitative estimate of drug-likeness (QED) is 0.813.